The number of methoxy groups -OCH3 is 2. The van der Waals surface area contributed by atoms with E-state index < -0.39 is 5.97 Å². The van der Waals surface area contributed by atoms with Crippen molar-refractivity contribution in [2.45, 2.75) is 51.4 Å². The highest BCUT2D eigenvalue weighted by Gasteiger charge is 2.22. The molecule has 0 atom stereocenters. The van der Waals surface area contributed by atoms with E-state index in [9.17, 15) is 9.59 Å². The highest BCUT2D eigenvalue weighted by molar-refractivity contribution is 6.03. The van der Waals surface area contributed by atoms with Crippen molar-refractivity contribution in [1.29, 1.82) is 0 Å². The molecule has 3 aromatic rings. The number of rotatable bonds is 14. The van der Waals surface area contributed by atoms with Crippen molar-refractivity contribution in [3.05, 3.63) is 65.4 Å². The number of pyridine rings is 1. The fourth-order valence-electron chi connectivity index (χ4n) is 6.18. The number of unbranched alkanes of at least 4 members (excludes halogenated alkanes) is 3. The number of anilines is 1. The van der Waals surface area contributed by atoms with Gasteiger partial charge in [-0.3, -0.25) is 14.7 Å². The van der Waals surface area contributed by atoms with Crippen LogP contribution in [0.1, 0.15) is 55.3 Å². The van der Waals surface area contributed by atoms with Crippen LogP contribution in [0, 0.1) is 0 Å². The molecular formula is C36H46N4O5. The Labute approximate surface area is 266 Å². The maximum absolute atomic E-state index is 13.2. The van der Waals surface area contributed by atoms with Crippen LogP contribution in [0.15, 0.2) is 48.5 Å². The van der Waals surface area contributed by atoms with E-state index in [0.717, 1.165) is 112 Å². The summed E-state index contributed by atoms with van der Waals surface area (Å²) in [5.41, 5.74) is 5.16. The predicted octanol–water partition coefficient (Wildman–Crippen LogP) is 5.50. The molecule has 1 saturated heterocycles. The predicted molar refractivity (Wildman–Crippen MR) is 178 cm³/mol. The van der Waals surface area contributed by atoms with Crippen LogP contribution in [0.25, 0.3) is 17.0 Å². The molecule has 1 amide bonds. The van der Waals surface area contributed by atoms with E-state index in [0.29, 0.717) is 24.7 Å². The number of carbonyl (C=O) groups excluding carboxylic acids is 2. The second kappa shape index (κ2) is 16.4. The van der Waals surface area contributed by atoms with Crippen molar-refractivity contribution in [2.24, 2.45) is 0 Å². The van der Waals surface area contributed by atoms with Gasteiger partial charge in [-0.2, -0.15) is 0 Å². The third-order valence-corrected chi connectivity index (χ3v) is 8.69. The lowest BCUT2D eigenvalue weighted by Crippen LogP contribution is -2.48. The standard InChI is InChI=1S/C36H46N4O5/c1-43-33-25-27(16-18-35(42)44-2)15-17-32(33)45-24-10-4-3-9-19-39-20-22-40(23-21-39)26-34(41)38-36-28-11-5-7-13-30(28)37-31-14-8-6-12-29(31)36/h5,7,11,13,15-18,25H,3-4,6,8-10,12,14,19-24,26H2,1-2H3,(H,37,38,41)/b18-16+. The minimum atomic E-state index is -0.398. The Morgan fingerprint density at radius 2 is 1.69 bits per heavy atom. The number of hydrogen-bond acceptors (Lipinski definition) is 8. The summed E-state index contributed by atoms with van der Waals surface area (Å²) in [6, 6.07) is 13.8. The Bertz CT molecular complexity index is 1480. The minimum absolute atomic E-state index is 0.0683. The molecule has 9 heteroatoms. The van der Waals surface area contributed by atoms with Crippen LogP contribution in [0.3, 0.4) is 0 Å². The van der Waals surface area contributed by atoms with Gasteiger partial charge in [-0.05, 0) is 80.5 Å². The summed E-state index contributed by atoms with van der Waals surface area (Å²) in [6.07, 6.45) is 11.7. The van der Waals surface area contributed by atoms with Gasteiger partial charge in [0.1, 0.15) is 0 Å². The summed E-state index contributed by atoms with van der Waals surface area (Å²) in [5, 5.41) is 4.34. The first kappa shape index (κ1) is 32.4. The SMILES string of the molecule is COC(=O)/C=C/c1ccc(OCCCCCCN2CCN(CC(=O)Nc3c4c(nc5ccccc35)CCCC4)CC2)c(OC)c1. The van der Waals surface area contributed by atoms with Gasteiger partial charge in [-0.1, -0.05) is 37.1 Å². The van der Waals surface area contributed by atoms with E-state index in [1.807, 2.05) is 36.4 Å². The Balaban J connectivity index is 0.975. The Kier molecular flexibility index (Phi) is 11.8. The van der Waals surface area contributed by atoms with Gasteiger partial charge >= 0.3 is 5.97 Å². The van der Waals surface area contributed by atoms with Crippen LogP contribution < -0.4 is 14.8 Å². The molecule has 2 heterocycles. The van der Waals surface area contributed by atoms with Crippen molar-refractivity contribution in [3.8, 4) is 11.5 Å². The smallest absolute Gasteiger partial charge is 0.330 e. The van der Waals surface area contributed by atoms with E-state index in [1.165, 1.54) is 18.7 Å². The molecule has 1 N–H and O–H groups in total. The van der Waals surface area contributed by atoms with Crippen LogP contribution in [0.2, 0.25) is 0 Å². The number of piperazine rings is 1. The van der Waals surface area contributed by atoms with Crippen LogP contribution >= 0.6 is 0 Å². The van der Waals surface area contributed by atoms with Gasteiger partial charge in [0.25, 0.3) is 0 Å². The highest BCUT2D eigenvalue weighted by Crippen LogP contribution is 2.33. The van der Waals surface area contributed by atoms with Crippen molar-refractivity contribution in [1.82, 2.24) is 14.8 Å². The van der Waals surface area contributed by atoms with Gasteiger partial charge in [-0.25, -0.2) is 4.79 Å². The number of para-hydroxylation sites is 1. The summed E-state index contributed by atoms with van der Waals surface area (Å²) in [6.45, 7) is 5.96. The molecule has 240 valence electrons. The van der Waals surface area contributed by atoms with Gasteiger partial charge in [0.2, 0.25) is 5.91 Å². The molecule has 0 radical (unpaired) electrons. The number of amides is 1. The van der Waals surface area contributed by atoms with Crippen LogP contribution in [-0.4, -0.2) is 86.8 Å². The normalized spacial score (nSPS) is 15.6. The molecule has 0 saturated carbocycles. The summed E-state index contributed by atoms with van der Waals surface area (Å²) in [5.74, 6) is 1.01. The van der Waals surface area contributed by atoms with Crippen molar-refractivity contribution >= 4 is 34.5 Å². The monoisotopic (exact) mass is 614 g/mol. The molecule has 0 unspecified atom stereocenters. The van der Waals surface area contributed by atoms with Crippen molar-refractivity contribution < 1.29 is 23.8 Å². The number of esters is 1. The first-order valence-electron chi connectivity index (χ1n) is 16.3. The maximum Gasteiger partial charge on any atom is 0.330 e. The van der Waals surface area contributed by atoms with E-state index in [1.54, 1.807) is 13.2 Å². The number of ether oxygens (including phenoxy) is 3. The lowest BCUT2D eigenvalue weighted by Gasteiger charge is -2.34. The molecule has 0 spiro atoms. The highest BCUT2D eigenvalue weighted by atomic mass is 16.5. The lowest BCUT2D eigenvalue weighted by atomic mass is 9.92. The second-order valence-corrected chi connectivity index (χ2v) is 11.8. The van der Waals surface area contributed by atoms with E-state index >= 15 is 0 Å². The zero-order valence-electron chi connectivity index (χ0n) is 26.7. The van der Waals surface area contributed by atoms with Crippen LogP contribution in [0.5, 0.6) is 11.5 Å². The Morgan fingerprint density at radius 1 is 0.911 bits per heavy atom. The van der Waals surface area contributed by atoms with Gasteiger partial charge in [0.05, 0.1) is 38.6 Å². The molecule has 1 aliphatic carbocycles. The summed E-state index contributed by atoms with van der Waals surface area (Å²) in [4.78, 5) is 34.2. The zero-order chi connectivity index (χ0) is 31.4. The summed E-state index contributed by atoms with van der Waals surface area (Å²) >= 11 is 0. The summed E-state index contributed by atoms with van der Waals surface area (Å²) < 4.78 is 16.1. The average Bonchev–Trinajstić information content (AvgIpc) is 3.07. The molecule has 1 aromatic heterocycles. The van der Waals surface area contributed by atoms with Crippen LogP contribution in [0.4, 0.5) is 5.69 Å². The largest absolute Gasteiger partial charge is 0.493 e. The number of carbonyl (C=O) groups is 2. The van der Waals surface area contributed by atoms with Gasteiger partial charge in [0, 0.05) is 43.3 Å². The number of aromatic nitrogens is 1. The fourth-order valence-corrected chi connectivity index (χ4v) is 6.18. The molecule has 1 aliphatic heterocycles. The minimum Gasteiger partial charge on any atom is -0.493 e. The molecule has 2 aliphatic rings. The first-order chi connectivity index (χ1) is 22.0. The zero-order valence-corrected chi connectivity index (χ0v) is 26.7. The molecule has 1 fully saturated rings. The van der Waals surface area contributed by atoms with Gasteiger partial charge in [-0.15, -0.1) is 0 Å². The van der Waals surface area contributed by atoms with Crippen LogP contribution in [-0.2, 0) is 27.2 Å². The third kappa shape index (κ3) is 9.05. The average molecular weight is 615 g/mol. The van der Waals surface area contributed by atoms with Crippen molar-refractivity contribution in [3.63, 3.8) is 0 Å². The van der Waals surface area contributed by atoms with Crippen molar-refractivity contribution in [2.75, 3.05) is 65.4 Å². The van der Waals surface area contributed by atoms with Gasteiger partial charge in [0.15, 0.2) is 11.5 Å². The van der Waals surface area contributed by atoms with E-state index in [2.05, 4.69) is 25.9 Å². The third-order valence-electron chi connectivity index (χ3n) is 8.69. The van der Waals surface area contributed by atoms with E-state index in [4.69, 9.17) is 14.5 Å². The number of fused-ring (bicyclic) bond motifs is 2. The lowest BCUT2D eigenvalue weighted by molar-refractivity contribution is -0.134. The number of nitrogens with one attached hydrogen (secondary N) is 1. The molecule has 0 bridgehead atoms. The Morgan fingerprint density at radius 3 is 2.51 bits per heavy atom. The first-order valence-corrected chi connectivity index (χ1v) is 16.3. The fraction of sp³-hybridized carbons (Fsp3) is 0.472. The number of benzene rings is 2. The molecule has 9 nitrogen and oxygen atoms in total. The number of hydrogen-bond donors (Lipinski definition) is 1. The number of aryl methyl sites for hydroxylation is 1. The van der Waals surface area contributed by atoms with Gasteiger partial charge < -0.3 is 24.4 Å². The maximum atomic E-state index is 13.2. The molecular weight excluding hydrogens is 568 g/mol. The van der Waals surface area contributed by atoms with E-state index in [-0.39, 0.29) is 5.91 Å². The summed E-state index contributed by atoms with van der Waals surface area (Å²) in [7, 11) is 2.96. The number of nitrogens with zero attached hydrogens (tertiary/aromatic N) is 3. The second-order valence-electron chi connectivity index (χ2n) is 11.8. The molecule has 2 aromatic carbocycles. The topological polar surface area (TPSA) is 93.2 Å². The Hall–Kier alpha value is -3.95. The molecule has 45 heavy (non-hydrogen) atoms. The molecule has 5 rings (SSSR count). The quantitative estimate of drug-likeness (QED) is 0.145.